The highest BCUT2D eigenvalue weighted by Gasteiger charge is 2.32. The van der Waals surface area contributed by atoms with Gasteiger partial charge in [0.05, 0.1) is 0 Å². The Hall–Kier alpha value is -0.0800. The van der Waals surface area contributed by atoms with Gasteiger partial charge in [-0.15, -0.1) is 0 Å². The first-order chi connectivity index (χ1) is 7.92. The number of nitrogens with one attached hydrogen (secondary N) is 2. The Labute approximate surface area is 108 Å². The zero-order chi connectivity index (χ0) is 12.9. The van der Waals surface area contributed by atoms with Gasteiger partial charge in [-0.3, -0.25) is 0 Å². The highest BCUT2D eigenvalue weighted by Crippen LogP contribution is 2.27. The first kappa shape index (κ1) is 15.0. The average molecular weight is 240 g/mol. The van der Waals surface area contributed by atoms with E-state index in [1.54, 1.807) is 0 Å². The van der Waals surface area contributed by atoms with Crippen molar-refractivity contribution in [1.29, 1.82) is 0 Å². The second-order valence-electron chi connectivity index (χ2n) is 6.81. The van der Waals surface area contributed by atoms with Gasteiger partial charge in [0.15, 0.2) is 0 Å². The normalized spacial score (nSPS) is 25.8. The van der Waals surface area contributed by atoms with Gasteiger partial charge < -0.3 is 10.6 Å². The Morgan fingerprint density at radius 1 is 1.35 bits per heavy atom. The summed E-state index contributed by atoms with van der Waals surface area (Å²) in [5.41, 5.74) is 0.786. The smallest absolute Gasteiger partial charge is 0.0306 e. The van der Waals surface area contributed by atoms with Crippen molar-refractivity contribution < 1.29 is 0 Å². The zero-order valence-electron chi connectivity index (χ0n) is 12.5. The molecule has 0 aromatic carbocycles. The SMILES string of the molecule is CCCC1(CNCC(C)(C)C(C)C)CCCN1. The molecule has 17 heavy (non-hydrogen) atoms. The molecule has 2 heteroatoms. The van der Waals surface area contributed by atoms with Crippen molar-refractivity contribution in [1.82, 2.24) is 10.6 Å². The van der Waals surface area contributed by atoms with Crippen LogP contribution in [0.4, 0.5) is 0 Å². The standard InChI is InChI=1S/C15H32N2/c1-6-8-15(9-7-10-17-15)12-16-11-14(4,5)13(2)3/h13,16-17H,6-12H2,1-5H3. The fourth-order valence-corrected chi connectivity index (χ4v) is 2.63. The van der Waals surface area contributed by atoms with E-state index < -0.39 is 0 Å². The van der Waals surface area contributed by atoms with Gasteiger partial charge in [0.1, 0.15) is 0 Å². The van der Waals surface area contributed by atoms with Gasteiger partial charge in [-0.2, -0.15) is 0 Å². The van der Waals surface area contributed by atoms with Crippen LogP contribution in [0.1, 0.15) is 60.3 Å². The van der Waals surface area contributed by atoms with Crippen LogP contribution in [0, 0.1) is 11.3 Å². The molecule has 1 rings (SSSR count). The van der Waals surface area contributed by atoms with E-state index in [2.05, 4.69) is 45.3 Å². The molecular formula is C15H32N2. The van der Waals surface area contributed by atoms with Crippen LogP contribution in [0.25, 0.3) is 0 Å². The lowest BCUT2D eigenvalue weighted by Crippen LogP contribution is -2.50. The van der Waals surface area contributed by atoms with E-state index in [0.29, 0.717) is 11.0 Å². The molecule has 102 valence electrons. The number of rotatable bonds is 7. The lowest BCUT2D eigenvalue weighted by atomic mass is 9.81. The molecule has 0 spiro atoms. The molecule has 1 aliphatic heterocycles. The minimum atomic E-state index is 0.391. The molecule has 0 amide bonds. The summed E-state index contributed by atoms with van der Waals surface area (Å²) in [7, 11) is 0. The van der Waals surface area contributed by atoms with Crippen LogP contribution in [-0.2, 0) is 0 Å². The summed E-state index contributed by atoms with van der Waals surface area (Å²) in [4.78, 5) is 0. The maximum atomic E-state index is 3.72. The van der Waals surface area contributed by atoms with Crippen LogP contribution in [0.3, 0.4) is 0 Å². The summed E-state index contributed by atoms with van der Waals surface area (Å²) in [6.07, 6.45) is 5.27. The Morgan fingerprint density at radius 3 is 2.53 bits per heavy atom. The molecule has 1 saturated heterocycles. The van der Waals surface area contributed by atoms with Gasteiger partial charge in [0, 0.05) is 18.6 Å². The van der Waals surface area contributed by atoms with E-state index in [9.17, 15) is 0 Å². The van der Waals surface area contributed by atoms with Crippen molar-refractivity contribution in [3.05, 3.63) is 0 Å². The number of hydrogen-bond acceptors (Lipinski definition) is 2. The molecule has 0 aliphatic carbocycles. The molecule has 2 N–H and O–H groups in total. The third-order valence-corrected chi connectivity index (χ3v) is 4.67. The molecular weight excluding hydrogens is 208 g/mol. The van der Waals surface area contributed by atoms with Crippen molar-refractivity contribution >= 4 is 0 Å². The van der Waals surface area contributed by atoms with Crippen molar-refractivity contribution in [3.63, 3.8) is 0 Å². The molecule has 0 aromatic rings. The van der Waals surface area contributed by atoms with Gasteiger partial charge in [-0.1, -0.05) is 41.0 Å². The van der Waals surface area contributed by atoms with Crippen molar-refractivity contribution in [2.45, 2.75) is 65.8 Å². The quantitative estimate of drug-likeness (QED) is 0.714. The van der Waals surface area contributed by atoms with Crippen LogP contribution in [0.15, 0.2) is 0 Å². The zero-order valence-corrected chi connectivity index (χ0v) is 12.5. The first-order valence-electron chi connectivity index (χ1n) is 7.38. The van der Waals surface area contributed by atoms with Crippen molar-refractivity contribution in [2.75, 3.05) is 19.6 Å². The maximum Gasteiger partial charge on any atom is 0.0306 e. The summed E-state index contributed by atoms with van der Waals surface area (Å²) in [6, 6.07) is 0. The summed E-state index contributed by atoms with van der Waals surface area (Å²) in [5.74, 6) is 0.730. The predicted molar refractivity (Wildman–Crippen MR) is 76.4 cm³/mol. The monoisotopic (exact) mass is 240 g/mol. The molecule has 1 atom stereocenters. The van der Waals surface area contributed by atoms with E-state index >= 15 is 0 Å². The maximum absolute atomic E-state index is 3.72. The molecule has 1 fully saturated rings. The van der Waals surface area contributed by atoms with Gasteiger partial charge in [0.25, 0.3) is 0 Å². The summed E-state index contributed by atoms with van der Waals surface area (Å²) in [6.45, 7) is 15.1. The highest BCUT2D eigenvalue weighted by molar-refractivity contribution is 4.95. The van der Waals surface area contributed by atoms with E-state index in [0.717, 1.165) is 19.0 Å². The Bertz CT molecular complexity index is 215. The number of hydrogen-bond donors (Lipinski definition) is 2. The molecule has 1 unspecified atom stereocenters. The third-order valence-electron chi connectivity index (χ3n) is 4.67. The van der Waals surface area contributed by atoms with E-state index in [1.807, 2.05) is 0 Å². The first-order valence-corrected chi connectivity index (χ1v) is 7.38. The minimum Gasteiger partial charge on any atom is -0.314 e. The molecule has 0 saturated carbocycles. The second kappa shape index (κ2) is 6.19. The van der Waals surface area contributed by atoms with Crippen LogP contribution in [0.2, 0.25) is 0 Å². The summed E-state index contributed by atoms with van der Waals surface area (Å²) < 4.78 is 0. The van der Waals surface area contributed by atoms with E-state index in [-0.39, 0.29) is 0 Å². The molecule has 0 bridgehead atoms. The summed E-state index contributed by atoms with van der Waals surface area (Å²) in [5, 5.41) is 7.44. The fourth-order valence-electron chi connectivity index (χ4n) is 2.63. The van der Waals surface area contributed by atoms with E-state index in [1.165, 1.54) is 32.2 Å². The molecule has 0 aromatic heterocycles. The lowest BCUT2D eigenvalue weighted by Gasteiger charge is -2.34. The average Bonchev–Trinajstić information content (AvgIpc) is 2.67. The topological polar surface area (TPSA) is 24.1 Å². The van der Waals surface area contributed by atoms with Gasteiger partial charge in [-0.25, -0.2) is 0 Å². The Morgan fingerprint density at radius 2 is 2.06 bits per heavy atom. The molecule has 0 radical (unpaired) electrons. The molecule has 1 aliphatic rings. The van der Waals surface area contributed by atoms with Crippen LogP contribution >= 0.6 is 0 Å². The van der Waals surface area contributed by atoms with Gasteiger partial charge >= 0.3 is 0 Å². The van der Waals surface area contributed by atoms with Crippen molar-refractivity contribution in [2.24, 2.45) is 11.3 Å². The predicted octanol–water partition coefficient (Wildman–Crippen LogP) is 3.18. The Kier molecular flexibility index (Phi) is 5.46. The minimum absolute atomic E-state index is 0.391. The largest absolute Gasteiger partial charge is 0.314 e. The molecule has 1 heterocycles. The van der Waals surface area contributed by atoms with Gasteiger partial charge in [0.2, 0.25) is 0 Å². The fraction of sp³-hybridized carbons (Fsp3) is 1.00. The Balaban J connectivity index is 2.38. The van der Waals surface area contributed by atoms with E-state index in [4.69, 9.17) is 0 Å². The van der Waals surface area contributed by atoms with Crippen LogP contribution < -0.4 is 10.6 Å². The molecule has 2 nitrogen and oxygen atoms in total. The van der Waals surface area contributed by atoms with Gasteiger partial charge in [-0.05, 0) is 37.1 Å². The van der Waals surface area contributed by atoms with Crippen molar-refractivity contribution in [3.8, 4) is 0 Å². The highest BCUT2D eigenvalue weighted by atomic mass is 15.1. The lowest BCUT2D eigenvalue weighted by molar-refractivity contribution is 0.222. The van der Waals surface area contributed by atoms with Crippen LogP contribution in [-0.4, -0.2) is 25.2 Å². The second-order valence-corrected chi connectivity index (χ2v) is 6.81. The third kappa shape index (κ3) is 4.26. The van der Waals surface area contributed by atoms with Crippen LogP contribution in [0.5, 0.6) is 0 Å². The summed E-state index contributed by atoms with van der Waals surface area (Å²) >= 11 is 0.